The predicted octanol–water partition coefficient (Wildman–Crippen LogP) is 2.63. The van der Waals surface area contributed by atoms with E-state index in [1.165, 1.54) is 6.20 Å². The van der Waals surface area contributed by atoms with E-state index < -0.39 is 5.92 Å². The SMILES string of the molecule is CCOC(=O)C(CNC(=O)c1ccnc(OCC)c1)Cc1ccccc1. The maximum atomic E-state index is 12.4. The van der Waals surface area contributed by atoms with Crippen LogP contribution in [0.5, 0.6) is 5.88 Å². The molecule has 0 radical (unpaired) electrons. The predicted molar refractivity (Wildman–Crippen MR) is 98.0 cm³/mol. The molecular formula is C20H24N2O4. The van der Waals surface area contributed by atoms with E-state index in [-0.39, 0.29) is 18.4 Å². The Morgan fingerprint density at radius 2 is 1.88 bits per heavy atom. The normalized spacial score (nSPS) is 11.5. The highest BCUT2D eigenvalue weighted by atomic mass is 16.5. The summed E-state index contributed by atoms with van der Waals surface area (Å²) in [5.74, 6) is -0.655. The molecule has 6 nitrogen and oxygen atoms in total. The van der Waals surface area contributed by atoms with Crippen molar-refractivity contribution in [3.8, 4) is 5.88 Å². The summed E-state index contributed by atoms with van der Waals surface area (Å²) in [5.41, 5.74) is 1.45. The Bertz CT molecular complexity index is 719. The molecule has 26 heavy (non-hydrogen) atoms. The molecule has 0 bridgehead atoms. The van der Waals surface area contributed by atoms with E-state index in [1.807, 2.05) is 37.3 Å². The lowest BCUT2D eigenvalue weighted by Gasteiger charge is -2.16. The van der Waals surface area contributed by atoms with E-state index in [9.17, 15) is 9.59 Å². The van der Waals surface area contributed by atoms with Crippen LogP contribution in [0.15, 0.2) is 48.7 Å². The van der Waals surface area contributed by atoms with Gasteiger partial charge >= 0.3 is 5.97 Å². The first-order chi connectivity index (χ1) is 12.6. The summed E-state index contributed by atoms with van der Waals surface area (Å²) in [5, 5.41) is 2.80. The summed E-state index contributed by atoms with van der Waals surface area (Å²) in [6, 6.07) is 12.8. The van der Waals surface area contributed by atoms with Crippen LogP contribution in [0.1, 0.15) is 29.8 Å². The first-order valence-electron chi connectivity index (χ1n) is 8.71. The van der Waals surface area contributed by atoms with Crippen molar-refractivity contribution in [3.05, 3.63) is 59.8 Å². The van der Waals surface area contributed by atoms with Gasteiger partial charge in [0.1, 0.15) is 0 Å². The fraction of sp³-hybridized carbons (Fsp3) is 0.350. The number of benzene rings is 1. The molecule has 2 aromatic rings. The van der Waals surface area contributed by atoms with Crippen LogP contribution >= 0.6 is 0 Å². The van der Waals surface area contributed by atoms with Gasteiger partial charge in [-0.25, -0.2) is 4.98 Å². The Morgan fingerprint density at radius 3 is 2.58 bits per heavy atom. The number of hydrogen-bond acceptors (Lipinski definition) is 5. The monoisotopic (exact) mass is 356 g/mol. The number of pyridine rings is 1. The molecule has 1 atom stereocenters. The first-order valence-corrected chi connectivity index (χ1v) is 8.71. The Kier molecular flexibility index (Phi) is 7.61. The molecule has 0 saturated heterocycles. The number of hydrogen-bond donors (Lipinski definition) is 1. The van der Waals surface area contributed by atoms with Crippen molar-refractivity contribution in [1.29, 1.82) is 0 Å². The van der Waals surface area contributed by atoms with Crippen LogP contribution in [0.25, 0.3) is 0 Å². The Morgan fingerprint density at radius 1 is 1.12 bits per heavy atom. The van der Waals surface area contributed by atoms with Crippen molar-refractivity contribution < 1.29 is 19.1 Å². The van der Waals surface area contributed by atoms with E-state index in [4.69, 9.17) is 9.47 Å². The highest BCUT2D eigenvalue weighted by Crippen LogP contribution is 2.12. The Balaban J connectivity index is 2.02. The molecule has 6 heteroatoms. The van der Waals surface area contributed by atoms with Crippen LogP contribution in [0, 0.1) is 5.92 Å². The molecule has 138 valence electrons. The van der Waals surface area contributed by atoms with Gasteiger partial charge in [0, 0.05) is 24.4 Å². The van der Waals surface area contributed by atoms with Crippen LogP contribution < -0.4 is 10.1 Å². The third kappa shape index (κ3) is 5.88. The fourth-order valence-electron chi connectivity index (χ4n) is 2.49. The number of nitrogens with one attached hydrogen (secondary N) is 1. The zero-order valence-electron chi connectivity index (χ0n) is 15.1. The second-order valence-electron chi connectivity index (χ2n) is 5.66. The molecule has 2 rings (SSSR count). The highest BCUT2D eigenvalue weighted by molar-refractivity contribution is 5.94. The summed E-state index contributed by atoms with van der Waals surface area (Å²) in [4.78, 5) is 28.7. The van der Waals surface area contributed by atoms with E-state index in [1.54, 1.807) is 19.1 Å². The van der Waals surface area contributed by atoms with Crippen LogP contribution in [-0.2, 0) is 16.0 Å². The minimum Gasteiger partial charge on any atom is -0.478 e. The maximum Gasteiger partial charge on any atom is 0.311 e. The molecule has 1 unspecified atom stereocenters. The molecule has 0 aliphatic rings. The summed E-state index contributed by atoms with van der Waals surface area (Å²) >= 11 is 0. The second-order valence-corrected chi connectivity index (χ2v) is 5.66. The van der Waals surface area contributed by atoms with Gasteiger partial charge in [0.05, 0.1) is 19.1 Å². The third-order valence-electron chi connectivity index (χ3n) is 3.74. The lowest BCUT2D eigenvalue weighted by atomic mass is 9.99. The first kappa shape index (κ1) is 19.4. The van der Waals surface area contributed by atoms with Gasteiger partial charge < -0.3 is 14.8 Å². The standard InChI is InChI=1S/C20H24N2O4/c1-3-25-18-13-16(10-11-21-18)19(23)22-14-17(20(24)26-4-2)12-15-8-6-5-7-9-15/h5-11,13,17H,3-4,12,14H2,1-2H3,(H,22,23). The number of carbonyl (C=O) groups excluding carboxylic acids is 2. The maximum absolute atomic E-state index is 12.4. The molecule has 0 fully saturated rings. The molecule has 1 aromatic carbocycles. The lowest BCUT2D eigenvalue weighted by Crippen LogP contribution is -2.35. The van der Waals surface area contributed by atoms with E-state index in [0.29, 0.717) is 31.1 Å². The van der Waals surface area contributed by atoms with Gasteiger partial charge in [0.15, 0.2) is 0 Å². The Labute approximate surface area is 153 Å². The largest absolute Gasteiger partial charge is 0.478 e. The molecule has 0 aliphatic carbocycles. The van der Waals surface area contributed by atoms with E-state index >= 15 is 0 Å². The van der Waals surface area contributed by atoms with Gasteiger partial charge in [-0.05, 0) is 31.9 Å². The van der Waals surface area contributed by atoms with Crippen molar-refractivity contribution in [2.24, 2.45) is 5.92 Å². The number of amides is 1. The number of rotatable bonds is 9. The quantitative estimate of drug-likeness (QED) is 0.699. The molecule has 1 aromatic heterocycles. The summed E-state index contributed by atoms with van der Waals surface area (Å²) < 4.78 is 10.5. The number of nitrogens with zero attached hydrogens (tertiary/aromatic N) is 1. The number of carbonyl (C=O) groups is 2. The number of esters is 1. The molecule has 0 spiro atoms. The van der Waals surface area contributed by atoms with Gasteiger partial charge in [0.25, 0.3) is 5.91 Å². The van der Waals surface area contributed by atoms with Crippen LogP contribution in [0.2, 0.25) is 0 Å². The van der Waals surface area contributed by atoms with Gasteiger partial charge in [-0.3, -0.25) is 9.59 Å². The summed E-state index contributed by atoms with van der Waals surface area (Å²) in [7, 11) is 0. The average Bonchev–Trinajstić information content (AvgIpc) is 2.66. The highest BCUT2D eigenvalue weighted by Gasteiger charge is 2.21. The average molecular weight is 356 g/mol. The number of aromatic nitrogens is 1. The Hall–Kier alpha value is -2.89. The van der Waals surface area contributed by atoms with E-state index in [2.05, 4.69) is 10.3 Å². The topological polar surface area (TPSA) is 77.5 Å². The lowest BCUT2D eigenvalue weighted by molar-refractivity contribution is -0.147. The molecule has 1 N–H and O–H groups in total. The molecule has 0 aliphatic heterocycles. The second kappa shape index (κ2) is 10.2. The van der Waals surface area contributed by atoms with Crippen LogP contribution in [0.4, 0.5) is 0 Å². The summed E-state index contributed by atoms with van der Waals surface area (Å²) in [6.45, 7) is 4.59. The number of ether oxygens (including phenoxy) is 2. The zero-order valence-corrected chi connectivity index (χ0v) is 15.1. The van der Waals surface area contributed by atoms with E-state index in [0.717, 1.165) is 5.56 Å². The van der Waals surface area contributed by atoms with Gasteiger partial charge in [-0.1, -0.05) is 30.3 Å². The van der Waals surface area contributed by atoms with Crippen molar-refractivity contribution in [2.75, 3.05) is 19.8 Å². The van der Waals surface area contributed by atoms with Gasteiger partial charge in [0.2, 0.25) is 5.88 Å². The van der Waals surface area contributed by atoms with Gasteiger partial charge in [-0.2, -0.15) is 0 Å². The molecule has 1 amide bonds. The van der Waals surface area contributed by atoms with Crippen molar-refractivity contribution in [1.82, 2.24) is 10.3 Å². The third-order valence-corrected chi connectivity index (χ3v) is 3.74. The minimum absolute atomic E-state index is 0.193. The fourth-order valence-corrected chi connectivity index (χ4v) is 2.49. The molecule has 0 saturated carbocycles. The smallest absolute Gasteiger partial charge is 0.311 e. The van der Waals surface area contributed by atoms with Crippen molar-refractivity contribution in [2.45, 2.75) is 20.3 Å². The van der Waals surface area contributed by atoms with Crippen molar-refractivity contribution >= 4 is 11.9 Å². The van der Waals surface area contributed by atoms with Gasteiger partial charge in [-0.15, -0.1) is 0 Å². The van der Waals surface area contributed by atoms with Crippen LogP contribution in [-0.4, -0.2) is 36.6 Å². The van der Waals surface area contributed by atoms with Crippen LogP contribution in [0.3, 0.4) is 0 Å². The molecular weight excluding hydrogens is 332 g/mol. The minimum atomic E-state index is -0.450. The van der Waals surface area contributed by atoms with Crippen molar-refractivity contribution in [3.63, 3.8) is 0 Å². The summed E-state index contributed by atoms with van der Waals surface area (Å²) in [6.07, 6.45) is 2.02. The zero-order chi connectivity index (χ0) is 18.8. The molecule has 1 heterocycles.